The third-order valence-electron chi connectivity index (χ3n) is 7.05. The van der Waals surface area contributed by atoms with E-state index < -0.39 is 5.60 Å². The number of piperidine rings is 1. The maximum Gasteiger partial charge on any atom is 0.410 e. The van der Waals surface area contributed by atoms with Crippen molar-refractivity contribution >= 4 is 34.6 Å². The molecule has 34 heavy (non-hydrogen) atoms. The van der Waals surface area contributed by atoms with E-state index in [4.69, 9.17) is 4.74 Å². The lowest BCUT2D eigenvalue weighted by atomic mass is 10.0. The molecule has 1 aromatic heterocycles. The van der Waals surface area contributed by atoms with Crippen molar-refractivity contribution in [3.63, 3.8) is 0 Å². The van der Waals surface area contributed by atoms with Gasteiger partial charge in [0.15, 0.2) is 0 Å². The fraction of sp³-hybridized carbons (Fsp3) is 0.577. The second-order valence-corrected chi connectivity index (χ2v) is 10.9. The molecule has 0 atom stereocenters. The average Bonchev–Trinajstić information content (AvgIpc) is 3.54. The number of carbonyl (C=O) groups excluding carboxylic acids is 3. The van der Waals surface area contributed by atoms with Gasteiger partial charge in [0.2, 0.25) is 5.91 Å². The van der Waals surface area contributed by atoms with Crippen molar-refractivity contribution in [2.45, 2.75) is 77.4 Å². The molecule has 3 heterocycles. The number of nitrogens with zero attached hydrogens (tertiary/aromatic N) is 3. The van der Waals surface area contributed by atoms with Crippen LogP contribution in [0, 0.1) is 6.92 Å². The van der Waals surface area contributed by atoms with Gasteiger partial charge in [-0.1, -0.05) is 0 Å². The van der Waals surface area contributed by atoms with E-state index >= 15 is 0 Å². The van der Waals surface area contributed by atoms with Crippen LogP contribution in [0.5, 0.6) is 0 Å². The zero-order chi connectivity index (χ0) is 24.2. The lowest BCUT2D eigenvalue weighted by Gasteiger charge is -2.34. The van der Waals surface area contributed by atoms with Gasteiger partial charge in [0.05, 0.1) is 0 Å². The first-order chi connectivity index (χ1) is 16.1. The fourth-order valence-corrected chi connectivity index (χ4v) is 5.17. The number of carbonyl (C=O) groups is 3. The van der Waals surface area contributed by atoms with E-state index in [-0.39, 0.29) is 18.0 Å². The van der Waals surface area contributed by atoms with Crippen LogP contribution in [0.2, 0.25) is 0 Å². The van der Waals surface area contributed by atoms with E-state index in [0.29, 0.717) is 38.0 Å². The van der Waals surface area contributed by atoms with Crippen LogP contribution in [0.4, 0.5) is 15.3 Å². The number of imide groups is 1. The average molecular weight is 467 g/mol. The molecular weight excluding hydrogens is 432 g/mol. The van der Waals surface area contributed by atoms with Gasteiger partial charge in [-0.05, 0) is 82.6 Å². The summed E-state index contributed by atoms with van der Waals surface area (Å²) in [6.45, 7) is 9.46. The highest BCUT2D eigenvalue weighted by Crippen LogP contribution is 2.46. The number of urea groups is 1. The Morgan fingerprint density at radius 1 is 1.06 bits per heavy atom. The first-order valence-corrected chi connectivity index (χ1v) is 12.3. The summed E-state index contributed by atoms with van der Waals surface area (Å²) in [5.74, 6) is 0.348. The highest BCUT2D eigenvalue weighted by atomic mass is 16.6. The van der Waals surface area contributed by atoms with Crippen molar-refractivity contribution in [3.8, 4) is 0 Å². The molecule has 8 heteroatoms. The Labute approximate surface area is 200 Å². The van der Waals surface area contributed by atoms with Crippen molar-refractivity contribution in [2.24, 2.45) is 0 Å². The van der Waals surface area contributed by atoms with Gasteiger partial charge in [0.25, 0.3) is 0 Å². The van der Waals surface area contributed by atoms with Crippen molar-refractivity contribution < 1.29 is 19.1 Å². The maximum absolute atomic E-state index is 12.5. The lowest BCUT2D eigenvalue weighted by molar-refractivity contribution is -0.120. The SMILES string of the molecule is Cc1cc2c(cc1N1CCC(=O)NC1=O)c(C1CC1)cn2C1CCN(C(=O)OC(C)(C)C)CC1. The molecule has 2 aliphatic heterocycles. The van der Waals surface area contributed by atoms with Crippen molar-refractivity contribution in [1.29, 1.82) is 0 Å². The molecule has 1 aliphatic carbocycles. The van der Waals surface area contributed by atoms with E-state index in [0.717, 1.165) is 24.1 Å². The van der Waals surface area contributed by atoms with Gasteiger partial charge in [0.1, 0.15) is 5.60 Å². The molecule has 1 aromatic carbocycles. The number of hydrogen-bond donors (Lipinski definition) is 1. The Morgan fingerprint density at radius 2 is 1.76 bits per heavy atom. The molecule has 3 aliphatic rings. The molecular formula is C26H34N4O4. The number of hydrogen-bond acceptors (Lipinski definition) is 4. The molecule has 0 radical (unpaired) electrons. The summed E-state index contributed by atoms with van der Waals surface area (Å²) in [5, 5.41) is 3.63. The zero-order valence-electron chi connectivity index (χ0n) is 20.5. The van der Waals surface area contributed by atoms with Gasteiger partial charge < -0.3 is 14.2 Å². The quantitative estimate of drug-likeness (QED) is 0.701. The van der Waals surface area contributed by atoms with E-state index in [2.05, 4.69) is 28.2 Å². The number of benzene rings is 1. The largest absolute Gasteiger partial charge is 0.444 e. The van der Waals surface area contributed by atoms with E-state index in [1.807, 2.05) is 32.6 Å². The summed E-state index contributed by atoms with van der Waals surface area (Å²) in [6.07, 6.45) is 6.53. The minimum atomic E-state index is -0.489. The Morgan fingerprint density at radius 3 is 2.38 bits per heavy atom. The normalized spacial score (nSPS) is 20.1. The molecule has 0 unspecified atom stereocenters. The van der Waals surface area contributed by atoms with Gasteiger partial charge in [-0.3, -0.25) is 15.0 Å². The number of amides is 4. The predicted octanol–water partition coefficient (Wildman–Crippen LogP) is 4.85. The molecule has 1 saturated carbocycles. The van der Waals surface area contributed by atoms with Gasteiger partial charge in [-0.15, -0.1) is 0 Å². The monoisotopic (exact) mass is 466 g/mol. The number of anilines is 1. The first-order valence-electron chi connectivity index (χ1n) is 12.3. The van der Waals surface area contributed by atoms with Gasteiger partial charge in [0, 0.05) is 54.9 Å². The summed E-state index contributed by atoms with van der Waals surface area (Å²) >= 11 is 0. The number of aryl methyl sites for hydroxylation is 1. The van der Waals surface area contributed by atoms with Gasteiger partial charge >= 0.3 is 12.1 Å². The van der Waals surface area contributed by atoms with Crippen LogP contribution in [-0.4, -0.2) is 52.7 Å². The molecule has 4 amide bonds. The van der Waals surface area contributed by atoms with Crippen molar-refractivity contribution in [2.75, 3.05) is 24.5 Å². The number of fused-ring (bicyclic) bond motifs is 1. The summed E-state index contributed by atoms with van der Waals surface area (Å²) < 4.78 is 7.95. The summed E-state index contributed by atoms with van der Waals surface area (Å²) in [7, 11) is 0. The number of likely N-dealkylation sites (tertiary alicyclic amines) is 1. The second-order valence-electron chi connectivity index (χ2n) is 10.9. The second kappa shape index (κ2) is 8.32. The molecule has 8 nitrogen and oxygen atoms in total. The van der Waals surface area contributed by atoms with E-state index in [1.165, 1.54) is 29.3 Å². The minimum absolute atomic E-state index is 0.220. The smallest absolute Gasteiger partial charge is 0.410 e. The van der Waals surface area contributed by atoms with Crippen LogP contribution >= 0.6 is 0 Å². The number of ether oxygens (including phenoxy) is 1. The van der Waals surface area contributed by atoms with Crippen LogP contribution in [0.3, 0.4) is 0 Å². The predicted molar refractivity (Wildman–Crippen MR) is 130 cm³/mol. The molecule has 1 N–H and O–H groups in total. The minimum Gasteiger partial charge on any atom is -0.444 e. The Kier molecular flexibility index (Phi) is 5.57. The van der Waals surface area contributed by atoms with Crippen LogP contribution in [-0.2, 0) is 9.53 Å². The van der Waals surface area contributed by atoms with Crippen molar-refractivity contribution in [3.05, 3.63) is 29.5 Å². The van der Waals surface area contributed by atoms with E-state index in [1.54, 1.807) is 4.90 Å². The molecule has 3 fully saturated rings. The highest BCUT2D eigenvalue weighted by Gasteiger charge is 2.33. The van der Waals surface area contributed by atoms with Gasteiger partial charge in [-0.2, -0.15) is 0 Å². The first kappa shape index (κ1) is 22.7. The van der Waals surface area contributed by atoms with Crippen LogP contribution < -0.4 is 10.2 Å². The summed E-state index contributed by atoms with van der Waals surface area (Å²) in [5.41, 5.74) is 3.94. The summed E-state index contributed by atoms with van der Waals surface area (Å²) in [4.78, 5) is 40.1. The molecule has 2 saturated heterocycles. The lowest BCUT2D eigenvalue weighted by Crippen LogP contribution is -2.49. The molecule has 0 bridgehead atoms. The highest BCUT2D eigenvalue weighted by molar-refractivity contribution is 6.07. The van der Waals surface area contributed by atoms with Crippen LogP contribution in [0.25, 0.3) is 10.9 Å². The van der Waals surface area contributed by atoms with Crippen LogP contribution in [0.1, 0.15) is 76.0 Å². The zero-order valence-corrected chi connectivity index (χ0v) is 20.5. The number of rotatable bonds is 3. The topological polar surface area (TPSA) is 83.9 Å². The number of nitrogens with one attached hydrogen (secondary N) is 1. The Bertz CT molecular complexity index is 1150. The standard InChI is InChI=1S/C26H34N4O4/c1-16-13-22-19(14-21(16)29-12-9-23(31)27-24(29)32)20(17-5-6-17)15-30(22)18-7-10-28(11-8-18)25(33)34-26(2,3)4/h13-15,17-18H,5-12H2,1-4H3,(H,27,31,32). The Balaban J connectivity index is 1.42. The maximum atomic E-state index is 12.5. The van der Waals surface area contributed by atoms with Crippen LogP contribution in [0.15, 0.2) is 18.3 Å². The third kappa shape index (κ3) is 4.38. The third-order valence-corrected chi connectivity index (χ3v) is 7.05. The van der Waals surface area contributed by atoms with E-state index in [9.17, 15) is 14.4 Å². The fourth-order valence-electron chi connectivity index (χ4n) is 5.17. The molecule has 182 valence electrons. The van der Waals surface area contributed by atoms with Crippen molar-refractivity contribution in [1.82, 2.24) is 14.8 Å². The molecule has 0 spiro atoms. The number of aromatic nitrogens is 1. The van der Waals surface area contributed by atoms with Gasteiger partial charge in [-0.25, -0.2) is 9.59 Å². The molecule has 5 rings (SSSR count). The molecule has 2 aromatic rings. The summed E-state index contributed by atoms with van der Waals surface area (Å²) in [6, 6.07) is 4.29. The Hall–Kier alpha value is -3.03.